The number of nitrogens with one attached hydrogen (secondary N) is 1. The summed E-state index contributed by atoms with van der Waals surface area (Å²) in [6, 6.07) is 18.0. The Kier molecular flexibility index (Phi) is 12.7. The van der Waals surface area contributed by atoms with Crippen LogP contribution in [0.3, 0.4) is 0 Å². The lowest BCUT2D eigenvalue weighted by molar-refractivity contribution is -0.137. The molecule has 0 aliphatic carbocycles. The van der Waals surface area contributed by atoms with Crippen LogP contribution in [0.4, 0.5) is 16.5 Å². The van der Waals surface area contributed by atoms with Crippen molar-refractivity contribution < 1.29 is 45.4 Å². The van der Waals surface area contributed by atoms with Crippen molar-refractivity contribution in [2.45, 2.75) is 54.7 Å². The molecule has 3 heterocycles. The first kappa shape index (κ1) is 42.9. The molecule has 0 saturated heterocycles. The Morgan fingerprint density at radius 3 is 1.77 bits per heavy atom. The van der Waals surface area contributed by atoms with Gasteiger partial charge in [0.1, 0.15) is 21.3 Å². The fraction of sp³-hybridized carbons (Fsp3) is 0.268. The maximum absolute atomic E-state index is 14.0. The van der Waals surface area contributed by atoms with E-state index < -0.39 is 44.3 Å². The Balaban J connectivity index is 1.04. The molecule has 0 spiro atoms. The molecule has 0 unspecified atom stereocenters. The Morgan fingerprint density at radius 2 is 1.23 bits per heavy atom. The Bertz CT molecular complexity index is 2730. The number of anilines is 3. The largest absolute Gasteiger partial charge is 0.495 e. The number of esters is 2. The number of carbonyl (C=O) groups excluding carboxylic acids is 3. The number of fused-ring (bicyclic) bond motifs is 2. The number of aromatic nitrogens is 1. The predicted octanol–water partition coefficient (Wildman–Crippen LogP) is 7.71. The summed E-state index contributed by atoms with van der Waals surface area (Å²) in [5, 5.41) is 4.81. The van der Waals surface area contributed by atoms with E-state index in [0.29, 0.717) is 43.4 Å². The Labute approximate surface area is 361 Å². The summed E-state index contributed by atoms with van der Waals surface area (Å²) >= 11 is 13.4. The minimum absolute atomic E-state index is 0.0349. The lowest BCUT2D eigenvalue weighted by Crippen LogP contribution is -2.32. The molecule has 2 aliphatic rings. The van der Waals surface area contributed by atoms with Gasteiger partial charge in [0.05, 0.1) is 43.3 Å². The summed E-state index contributed by atoms with van der Waals surface area (Å²) in [5.74, 6) is -2.22. The molecule has 0 atom stereocenters. The number of benzene rings is 4. The molecule has 0 saturated carbocycles. The predicted molar refractivity (Wildman–Crippen MR) is 228 cm³/mol. The van der Waals surface area contributed by atoms with Gasteiger partial charge in [0.15, 0.2) is 5.13 Å². The van der Waals surface area contributed by atoms with E-state index in [1.807, 2.05) is 0 Å². The molecule has 1 amide bonds. The molecule has 1 aromatic heterocycles. The van der Waals surface area contributed by atoms with Crippen LogP contribution in [0.2, 0.25) is 10.0 Å². The molecule has 4 aromatic carbocycles. The van der Waals surface area contributed by atoms with Crippen LogP contribution in [0.1, 0.15) is 63.2 Å². The van der Waals surface area contributed by atoms with E-state index in [-0.39, 0.29) is 72.1 Å². The number of rotatable bonds is 11. The molecule has 0 radical (unpaired) electrons. The second kappa shape index (κ2) is 17.8. The highest BCUT2D eigenvalue weighted by Gasteiger charge is 2.33. The molecule has 0 bridgehead atoms. The molecule has 5 aromatic rings. The third-order valence-corrected chi connectivity index (χ3v) is 15.0. The van der Waals surface area contributed by atoms with Crippen LogP contribution in [0, 0.1) is 0 Å². The average Bonchev–Trinajstić information content (AvgIpc) is 3.40. The first-order valence-corrected chi connectivity index (χ1v) is 23.2. The van der Waals surface area contributed by atoms with Crippen LogP contribution in [-0.4, -0.2) is 67.0 Å². The molecule has 19 heteroatoms. The molecule has 14 nitrogen and oxygen atoms in total. The first-order valence-electron chi connectivity index (χ1n) is 18.7. The van der Waals surface area contributed by atoms with Crippen molar-refractivity contribution in [1.29, 1.82) is 0 Å². The minimum Gasteiger partial charge on any atom is -0.495 e. The van der Waals surface area contributed by atoms with Crippen molar-refractivity contribution in [2.75, 3.05) is 41.2 Å². The summed E-state index contributed by atoms with van der Waals surface area (Å²) in [5.41, 5.74) is 2.45. The number of sulfonamides is 2. The van der Waals surface area contributed by atoms with Gasteiger partial charge in [-0.15, -0.1) is 11.3 Å². The minimum atomic E-state index is -4.19. The van der Waals surface area contributed by atoms with Crippen molar-refractivity contribution in [1.82, 2.24) is 4.98 Å². The van der Waals surface area contributed by atoms with E-state index in [1.54, 1.807) is 18.2 Å². The summed E-state index contributed by atoms with van der Waals surface area (Å²) < 4.78 is 74.4. The van der Waals surface area contributed by atoms with Gasteiger partial charge in [-0.1, -0.05) is 35.3 Å². The highest BCUT2D eigenvalue weighted by atomic mass is 35.5. The number of halogens is 2. The normalized spacial score (nSPS) is 14.3. The number of thiazole rings is 1. The van der Waals surface area contributed by atoms with Gasteiger partial charge in [-0.05, 0) is 110 Å². The highest BCUT2D eigenvalue weighted by molar-refractivity contribution is 7.93. The summed E-state index contributed by atoms with van der Waals surface area (Å²) in [6.45, 7) is 0.314. The monoisotopic (exact) mass is 912 g/mol. The molecule has 60 heavy (non-hydrogen) atoms. The third kappa shape index (κ3) is 8.95. The quantitative estimate of drug-likeness (QED) is 0.101. The molecular weight excluding hydrogens is 876 g/mol. The average molecular weight is 914 g/mol. The third-order valence-electron chi connectivity index (χ3n) is 10.0. The van der Waals surface area contributed by atoms with Gasteiger partial charge in [0, 0.05) is 34.1 Å². The molecule has 0 fully saturated rings. The number of hydrogen-bond donors (Lipinski definition) is 1. The van der Waals surface area contributed by atoms with E-state index in [1.165, 1.54) is 82.8 Å². The van der Waals surface area contributed by atoms with Gasteiger partial charge in [0.25, 0.3) is 26.0 Å². The summed E-state index contributed by atoms with van der Waals surface area (Å²) in [7, 11) is -5.61. The number of hydrogen-bond acceptors (Lipinski definition) is 12. The standard InChI is InChI=1S/C41H38Cl2N4O10S3/c1-55-34-15-13-29(42)21-36(34)59(51,52)46-17-5-3-7-25-9-11-27(19-32(25)46)39(49)45-41-44-31(24-58-41)23-38(48)57-40(50)28-12-10-26-8-4-6-18-47(33(26)20-28)60(53,54)37-22-30(43)14-16-35(37)56-2/h9-16,19-22,24H,3-8,17-18,23H2,1-2H3,(H,44,45,49). The zero-order valence-electron chi connectivity index (χ0n) is 32.3. The van der Waals surface area contributed by atoms with Crippen LogP contribution in [0.15, 0.2) is 88.0 Å². The SMILES string of the molecule is COc1ccc(Cl)cc1S(=O)(=O)N1CCCCc2ccc(C(=O)Nc3nc(CC(=O)OC(=O)c4ccc5c(c4)N(S(=O)(=O)c4cc(Cl)ccc4OC)CCCC5)cs3)cc21. The van der Waals surface area contributed by atoms with E-state index in [4.69, 9.17) is 37.4 Å². The molecular formula is C41H38Cl2N4O10S3. The zero-order valence-corrected chi connectivity index (χ0v) is 36.2. The van der Waals surface area contributed by atoms with Crippen molar-refractivity contribution in [2.24, 2.45) is 0 Å². The first-order chi connectivity index (χ1) is 28.7. The van der Waals surface area contributed by atoms with Gasteiger partial charge in [-0.2, -0.15) is 0 Å². The van der Waals surface area contributed by atoms with Crippen LogP contribution in [0.5, 0.6) is 11.5 Å². The van der Waals surface area contributed by atoms with Crippen LogP contribution < -0.4 is 23.4 Å². The van der Waals surface area contributed by atoms with Crippen molar-refractivity contribution in [3.63, 3.8) is 0 Å². The van der Waals surface area contributed by atoms with E-state index in [0.717, 1.165) is 23.3 Å². The summed E-state index contributed by atoms with van der Waals surface area (Å²) in [4.78, 5) is 43.8. The van der Waals surface area contributed by atoms with E-state index in [2.05, 4.69) is 10.3 Å². The van der Waals surface area contributed by atoms with Gasteiger partial charge in [0.2, 0.25) is 0 Å². The highest BCUT2D eigenvalue weighted by Crippen LogP contribution is 2.38. The number of ether oxygens (including phenoxy) is 3. The lowest BCUT2D eigenvalue weighted by Gasteiger charge is -2.26. The van der Waals surface area contributed by atoms with Gasteiger partial charge in [-0.3, -0.25) is 23.5 Å². The van der Waals surface area contributed by atoms with Gasteiger partial charge >= 0.3 is 11.9 Å². The van der Waals surface area contributed by atoms with Crippen LogP contribution >= 0.6 is 34.5 Å². The van der Waals surface area contributed by atoms with Gasteiger partial charge < -0.3 is 14.2 Å². The van der Waals surface area contributed by atoms with Gasteiger partial charge in [-0.25, -0.2) is 26.6 Å². The maximum atomic E-state index is 14.0. The Morgan fingerprint density at radius 1 is 0.717 bits per heavy atom. The summed E-state index contributed by atoms with van der Waals surface area (Å²) in [6.07, 6.45) is 3.37. The fourth-order valence-electron chi connectivity index (χ4n) is 7.07. The fourth-order valence-corrected chi connectivity index (χ4v) is 11.7. The number of carbonyl (C=O) groups is 3. The molecule has 1 N–H and O–H groups in total. The smallest absolute Gasteiger partial charge is 0.345 e. The topological polar surface area (TPSA) is 179 Å². The zero-order chi connectivity index (χ0) is 42.8. The van der Waals surface area contributed by atoms with Crippen molar-refractivity contribution in [3.8, 4) is 11.5 Å². The molecule has 7 rings (SSSR count). The number of aryl methyl sites for hydroxylation is 2. The second-order valence-electron chi connectivity index (χ2n) is 13.9. The second-order valence-corrected chi connectivity index (χ2v) is 19.3. The maximum Gasteiger partial charge on any atom is 0.345 e. The van der Waals surface area contributed by atoms with Crippen LogP contribution in [0.25, 0.3) is 0 Å². The number of nitrogens with zero attached hydrogens (tertiary/aromatic N) is 3. The van der Waals surface area contributed by atoms with E-state index >= 15 is 0 Å². The lowest BCUT2D eigenvalue weighted by atomic mass is 10.0. The van der Waals surface area contributed by atoms with Crippen LogP contribution in [-0.2, 0) is 48.8 Å². The molecule has 314 valence electrons. The van der Waals surface area contributed by atoms with Crippen molar-refractivity contribution in [3.05, 3.63) is 116 Å². The Hall–Kier alpha value is -5.20. The van der Waals surface area contributed by atoms with E-state index in [9.17, 15) is 31.2 Å². The molecule has 2 aliphatic heterocycles. The number of amides is 1. The number of methoxy groups -OCH3 is 2. The van der Waals surface area contributed by atoms with Crippen molar-refractivity contribution >= 4 is 88.9 Å².